The summed E-state index contributed by atoms with van der Waals surface area (Å²) < 4.78 is 32.0. The summed E-state index contributed by atoms with van der Waals surface area (Å²) in [5.41, 5.74) is 0. The van der Waals surface area contributed by atoms with E-state index in [4.69, 9.17) is 23.4 Å². The molecule has 6 heteroatoms. The van der Waals surface area contributed by atoms with Crippen LogP contribution in [0, 0.1) is 0 Å². The second-order valence-electron chi connectivity index (χ2n) is 11.4. The Morgan fingerprint density at radius 2 is 1.42 bits per heavy atom. The molecule has 0 spiro atoms. The van der Waals surface area contributed by atoms with E-state index in [9.17, 15) is 0 Å². The quantitative estimate of drug-likeness (QED) is 0.500. The van der Waals surface area contributed by atoms with Crippen LogP contribution in [0.5, 0.6) is 0 Å². The van der Waals surface area contributed by atoms with Crippen LogP contribution in [-0.4, -0.2) is 58.8 Å². The van der Waals surface area contributed by atoms with Gasteiger partial charge in [-0.3, -0.25) is 0 Å². The lowest BCUT2D eigenvalue weighted by molar-refractivity contribution is -0.276. The van der Waals surface area contributed by atoms with Crippen molar-refractivity contribution in [3.05, 3.63) is 60.7 Å². The fraction of sp³-hybridized carbons (Fsp3) is 0.600. The molecule has 3 heterocycles. The van der Waals surface area contributed by atoms with Gasteiger partial charge in [0.15, 0.2) is 6.29 Å². The summed E-state index contributed by atoms with van der Waals surface area (Å²) in [5, 5.41) is 2.58. The van der Waals surface area contributed by atoms with E-state index in [2.05, 4.69) is 81.4 Å². The molecule has 0 bridgehead atoms. The highest BCUT2D eigenvalue weighted by Crippen LogP contribution is 2.39. The van der Waals surface area contributed by atoms with E-state index >= 15 is 0 Å². The lowest BCUT2D eigenvalue weighted by atomic mass is 10.0. The van der Waals surface area contributed by atoms with E-state index < -0.39 is 8.32 Å². The monoisotopic (exact) mass is 510 g/mol. The Hall–Kier alpha value is -1.54. The molecule has 5 nitrogen and oxygen atoms in total. The average molecular weight is 511 g/mol. The van der Waals surface area contributed by atoms with E-state index in [0.29, 0.717) is 6.61 Å². The number of fused-ring (bicyclic) bond motifs is 1. The highest BCUT2D eigenvalue weighted by atomic mass is 28.4. The SMILES string of the molecule is CC(C)(C)[Si](O[C@@H]1CCCO[C@H]1CC[C@@H]1OC[C@H]2OCCC[C@@H]2O1)(c1ccccc1)c1ccccc1. The van der Waals surface area contributed by atoms with Crippen LogP contribution in [0.25, 0.3) is 0 Å². The molecule has 0 aromatic heterocycles. The Balaban J connectivity index is 1.36. The van der Waals surface area contributed by atoms with Crippen molar-refractivity contribution in [2.45, 2.75) is 95.0 Å². The molecule has 2 aromatic carbocycles. The number of benzene rings is 2. The summed E-state index contributed by atoms with van der Waals surface area (Å²) in [4.78, 5) is 0. The van der Waals surface area contributed by atoms with Crippen molar-refractivity contribution >= 4 is 18.7 Å². The molecule has 0 saturated carbocycles. The largest absolute Gasteiger partial charge is 0.402 e. The predicted octanol–water partition coefficient (Wildman–Crippen LogP) is 4.81. The van der Waals surface area contributed by atoms with Gasteiger partial charge >= 0.3 is 0 Å². The van der Waals surface area contributed by atoms with Crippen LogP contribution in [0.1, 0.15) is 59.3 Å². The zero-order valence-electron chi connectivity index (χ0n) is 22.1. The van der Waals surface area contributed by atoms with Gasteiger partial charge in [0, 0.05) is 19.6 Å². The van der Waals surface area contributed by atoms with Crippen molar-refractivity contribution in [1.29, 1.82) is 0 Å². The molecule has 0 amide bonds. The molecule has 5 atom stereocenters. The molecule has 2 aromatic rings. The molecular formula is C30H42O5Si. The molecule has 36 heavy (non-hydrogen) atoms. The number of hydrogen-bond donors (Lipinski definition) is 0. The minimum Gasteiger partial charge on any atom is -0.402 e. The van der Waals surface area contributed by atoms with Crippen LogP contribution in [0.3, 0.4) is 0 Å². The van der Waals surface area contributed by atoms with Gasteiger partial charge < -0.3 is 23.4 Å². The molecule has 0 unspecified atom stereocenters. The maximum absolute atomic E-state index is 7.47. The number of ether oxygens (including phenoxy) is 4. The Bertz CT molecular complexity index is 907. The van der Waals surface area contributed by atoms with Crippen LogP contribution >= 0.6 is 0 Å². The normalized spacial score (nSPS) is 29.5. The molecule has 3 aliphatic rings. The van der Waals surface area contributed by atoms with Crippen molar-refractivity contribution < 1.29 is 23.4 Å². The van der Waals surface area contributed by atoms with Crippen LogP contribution < -0.4 is 10.4 Å². The first-order valence-corrected chi connectivity index (χ1v) is 15.7. The van der Waals surface area contributed by atoms with Crippen molar-refractivity contribution in [2.24, 2.45) is 0 Å². The molecule has 3 fully saturated rings. The molecule has 3 aliphatic heterocycles. The molecular weight excluding hydrogens is 468 g/mol. The highest BCUT2D eigenvalue weighted by Gasteiger charge is 2.52. The summed E-state index contributed by atoms with van der Waals surface area (Å²) >= 11 is 0. The zero-order chi connectivity index (χ0) is 25.0. The first kappa shape index (κ1) is 26.1. The summed E-state index contributed by atoms with van der Waals surface area (Å²) in [7, 11) is -2.63. The van der Waals surface area contributed by atoms with Gasteiger partial charge in [-0.05, 0) is 47.5 Å². The molecule has 0 aliphatic carbocycles. The summed E-state index contributed by atoms with van der Waals surface area (Å²) in [5.74, 6) is 0. The van der Waals surface area contributed by atoms with Gasteiger partial charge in [0.2, 0.25) is 0 Å². The van der Waals surface area contributed by atoms with E-state index in [1.54, 1.807) is 0 Å². The van der Waals surface area contributed by atoms with Crippen molar-refractivity contribution in [2.75, 3.05) is 19.8 Å². The maximum Gasteiger partial charge on any atom is 0.261 e. The van der Waals surface area contributed by atoms with Crippen LogP contribution in [0.4, 0.5) is 0 Å². The second kappa shape index (κ2) is 11.5. The Labute approximate surface area is 217 Å². The lowest BCUT2D eigenvalue weighted by Crippen LogP contribution is -2.68. The summed E-state index contributed by atoms with van der Waals surface area (Å²) in [6, 6.07) is 21.8. The third-order valence-corrected chi connectivity index (χ3v) is 13.0. The third kappa shape index (κ3) is 5.49. The number of rotatable bonds is 7. The topological polar surface area (TPSA) is 46.2 Å². The first-order valence-electron chi connectivity index (χ1n) is 13.8. The molecule has 3 saturated heterocycles. The maximum atomic E-state index is 7.47. The van der Waals surface area contributed by atoms with E-state index in [1.807, 2.05) is 0 Å². The smallest absolute Gasteiger partial charge is 0.261 e. The van der Waals surface area contributed by atoms with Gasteiger partial charge in [-0.1, -0.05) is 81.4 Å². The molecule has 0 radical (unpaired) electrons. The minimum absolute atomic E-state index is 0.0351. The van der Waals surface area contributed by atoms with Crippen LogP contribution in [0.15, 0.2) is 60.7 Å². The van der Waals surface area contributed by atoms with Crippen molar-refractivity contribution in [3.63, 3.8) is 0 Å². The second-order valence-corrected chi connectivity index (χ2v) is 15.7. The average Bonchev–Trinajstić information content (AvgIpc) is 2.91. The van der Waals surface area contributed by atoms with Gasteiger partial charge in [0.25, 0.3) is 8.32 Å². The Morgan fingerprint density at radius 3 is 2.08 bits per heavy atom. The lowest BCUT2D eigenvalue weighted by Gasteiger charge is -2.47. The first-order chi connectivity index (χ1) is 17.5. The third-order valence-electron chi connectivity index (χ3n) is 7.96. The van der Waals surface area contributed by atoms with Crippen molar-refractivity contribution in [3.8, 4) is 0 Å². The van der Waals surface area contributed by atoms with Crippen LogP contribution in [-0.2, 0) is 23.4 Å². The van der Waals surface area contributed by atoms with Crippen molar-refractivity contribution in [1.82, 2.24) is 0 Å². The molecule has 0 N–H and O–H groups in total. The van der Waals surface area contributed by atoms with Gasteiger partial charge in [0.05, 0.1) is 24.9 Å². The summed E-state index contributed by atoms with van der Waals surface area (Å²) in [6.07, 6.45) is 5.98. The van der Waals surface area contributed by atoms with E-state index in [1.165, 1.54) is 10.4 Å². The fourth-order valence-corrected chi connectivity index (χ4v) is 10.9. The predicted molar refractivity (Wildman–Crippen MR) is 144 cm³/mol. The fourth-order valence-electron chi connectivity index (χ4n) is 6.15. The van der Waals surface area contributed by atoms with Gasteiger partial charge in [0.1, 0.15) is 6.10 Å². The Morgan fingerprint density at radius 1 is 0.778 bits per heavy atom. The summed E-state index contributed by atoms with van der Waals surface area (Å²) in [6.45, 7) is 9.24. The molecule has 196 valence electrons. The highest BCUT2D eigenvalue weighted by molar-refractivity contribution is 6.99. The minimum atomic E-state index is -2.63. The van der Waals surface area contributed by atoms with Gasteiger partial charge in [-0.25, -0.2) is 0 Å². The Kier molecular flexibility index (Phi) is 8.30. The van der Waals surface area contributed by atoms with E-state index in [-0.39, 0.29) is 35.7 Å². The number of hydrogen-bond acceptors (Lipinski definition) is 5. The van der Waals surface area contributed by atoms with Gasteiger partial charge in [-0.2, -0.15) is 0 Å². The standard InChI is InChI=1S/C30H42O5Si/c1-30(2,3)36(23-12-6-4-7-13-23,24-14-8-5-9-15-24)35-27-17-11-20-31-25(27)18-19-29-33-22-28-26(34-29)16-10-21-32-28/h4-9,12-15,25-29H,10-11,16-22H2,1-3H3/t25-,26-,27+,28+,29+/m0/s1. The van der Waals surface area contributed by atoms with Gasteiger partial charge in [-0.15, -0.1) is 0 Å². The van der Waals surface area contributed by atoms with Crippen LogP contribution in [0.2, 0.25) is 5.04 Å². The van der Waals surface area contributed by atoms with E-state index in [0.717, 1.165) is 51.7 Å². The molecule has 5 rings (SSSR count). The zero-order valence-corrected chi connectivity index (χ0v) is 23.1.